The molecule has 0 amide bonds. The fourth-order valence-electron chi connectivity index (χ4n) is 2.09. The van der Waals surface area contributed by atoms with Gasteiger partial charge in [-0.05, 0) is 18.1 Å². The van der Waals surface area contributed by atoms with Gasteiger partial charge in [0.1, 0.15) is 6.04 Å². The Morgan fingerprint density at radius 2 is 1.96 bits per heavy atom. The molecule has 2 atom stereocenters. The summed E-state index contributed by atoms with van der Waals surface area (Å²) in [6.07, 6.45) is -0.689. The Bertz CT molecular complexity index is 670. The van der Waals surface area contributed by atoms with Crippen molar-refractivity contribution in [3.05, 3.63) is 30.3 Å². The second-order valence-electron chi connectivity index (χ2n) is 5.54. The lowest BCUT2D eigenvalue weighted by Gasteiger charge is -2.21. The molecule has 1 N–H and O–H groups in total. The topological polar surface area (TPSA) is 98.8 Å². The molecule has 8 heteroatoms. The maximum Gasteiger partial charge on any atom is 0.347 e. The molecule has 1 fully saturated rings. The van der Waals surface area contributed by atoms with Crippen molar-refractivity contribution in [2.45, 2.75) is 37.3 Å². The van der Waals surface area contributed by atoms with Gasteiger partial charge in [0.15, 0.2) is 0 Å². The lowest BCUT2D eigenvalue weighted by Crippen LogP contribution is -2.46. The fraction of sp³-hybridized carbons (Fsp3) is 0.467. The Hall–Kier alpha value is -1.93. The summed E-state index contributed by atoms with van der Waals surface area (Å²) < 4.78 is 36.8. The van der Waals surface area contributed by atoms with E-state index in [1.165, 1.54) is 12.1 Å². The van der Waals surface area contributed by atoms with Gasteiger partial charge in [-0.2, -0.15) is 4.72 Å². The standard InChI is InChI=1S/C15H19NO6S/c1-10(2)13(15(18)22-12-8-9-21-14(12)17)16-23(19,20)11-6-4-3-5-7-11/h3-7,10,12-13,16H,8-9H2,1-2H3. The normalized spacial score (nSPS) is 19.4. The predicted molar refractivity (Wildman–Crippen MR) is 80.8 cm³/mol. The van der Waals surface area contributed by atoms with Gasteiger partial charge in [-0.25, -0.2) is 13.2 Å². The van der Waals surface area contributed by atoms with E-state index in [2.05, 4.69) is 4.72 Å². The van der Waals surface area contributed by atoms with Crippen LogP contribution in [0.25, 0.3) is 0 Å². The maximum atomic E-state index is 12.3. The Labute approximate surface area is 135 Å². The summed E-state index contributed by atoms with van der Waals surface area (Å²) in [6, 6.07) is 6.64. The molecule has 0 aromatic heterocycles. The van der Waals surface area contributed by atoms with Crippen LogP contribution in [-0.2, 0) is 29.1 Å². The molecule has 0 saturated carbocycles. The maximum absolute atomic E-state index is 12.3. The van der Waals surface area contributed by atoms with Crippen LogP contribution in [0.4, 0.5) is 0 Å². The summed E-state index contributed by atoms with van der Waals surface area (Å²) >= 11 is 0. The van der Waals surface area contributed by atoms with E-state index in [9.17, 15) is 18.0 Å². The van der Waals surface area contributed by atoms with Gasteiger partial charge in [0, 0.05) is 6.42 Å². The molecule has 0 aliphatic carbocycles. The van der Waals surface area contributed by atoms with Gasteiger partial charge in [0.05, 0.1) is 11.5 Å². The first-order valence-electron chi connectivity index (χ1n) is 7.26. The van der Waals surface area contributed by atoms with Crippen LogP contribution in [-0.4, -0.2) is 39.1 Å². The van der Waals surface area contributed by atoms with Crippen LogP contribution >= 0.6 is 0 Å². The molecule has 0 radical (unpaired) electrons. The highest BCUT2D eigenvalue weighted by atomic mass is 32.2. The second-order valence-corrected chi connectivity index (χ2v) is 7.25. The summed E-state index contributed by atoms with van der Waals surface area (Å²) in [5, 5.41) is 0. The van der Waals surface area contributed by atoms with Crippen molar-refractivity contribution in [2.24, 2.45) is 5.92 Å². The van der Waals surface area contributed by atoms with Gasteiger partial charge in [0.2, 0.25) is 16.1 Å². The number of hydrogen-bond acceptors (Lipinski definition) is 6. The quantitative estimate of drug-likeness (QED) is 0.770. The lowest BCUT2D eigenvalue weighted by molar-refractivity contribution is -0.162. The first-order chi connectivity index (χ1) is 10.8. The molecule has 1 aromatic rings. The molecular weight excluding hydrogens is 322 g/mol. The summed E-state index contributed by atoms with van der Waals surface area (Å²) in [7, 11) is -3.86. The second kappa shape index (κ2) is 7.10. The van der Waals surface area contributed by atoms with Crippen LogP contribution in [0.15, 0.2) is 35.2 Å². The Morgan fingerprint density at radius 1 is 1.30 bits per heavy atom. The van der Waals surface area contributed by atoms with Crippen molar-refractivity contribution in [1.82, 2.24) is 4.72 Å². The van der Waals surface area contributed by atoms with Crippen molar-refractivity contribution < 1.29 is 27.5 Å². The number of nitrogens with one attached hydrogen (secondary N) is 1. The lowest BCUT2D eigenvalue weighted by atomic mass is 10.1. The van der Waals surface area contributed by atoms with Gasteiger partial charge < -0.3 is 9.47 Å². The molecule has 7 nitrogen and oxygen atoms in total. The van der Waals surface area contributed by atoms with Crippen LogP contribution in [0.3, 0.4) is 0 Å². The first-order valence-corrected chi connectivity index (χ1v) is 8.74. The summed E-state index contributed by atoms with van der Waals surface area (Å²) in [6.45, 7) is 3.57. The monoisotopic (exact) mass is 341 g/mol. The number of cyclic esters (lactones) is 1. The van der Waals surface area contributed by atoms with Crippen LogP contribution in [0.2, 0.25) is 0 Å². The van der Waals surface area contributed by atoms with E-state index in [1.54, 1.807) is 32.0 Å². The van der Waals surface area contributed by atoms with E-state index >= 15 is 0 Å². The van der Waals surface area contributed by atoms with Crippen LogP contribution in [0.5, 0.6) is 0 Å². The number of esters is 2. The Balaban J connectivity index is 2.12. The van der Waals surface area contributed by atoms with Crippen molar-refractivity contribution in [3.63, 3.8) is 0 Å². The third kappa shape index (κ3) is 4.29. The zero-order valence-corrected chi connectivity index (χ0v) is 13.7. The SMILES string of the molecule is CC(C)C(NS(=O)(=O)c1ccccc1)C(=O)OC1CCOC1=O. The average Bonchev–Trinajstić information content (AvgIpc) is 2.90. The molecule has 23 heavy (non-hydrogen) atoms. The molecular formula is C15H19NO6S. The third-order valence-corrected chi connectivity index (χ3v) is 4.86. The van der Waals surface area contributed by atoms with Gasteiger partial charge in [-0.1, -0.05) is 32.0 Å². The average molecular weight is 341 g/mol. The van der Waals surface area contributed by atoms with Gasteiger partial charge >= 0.3 is 11.9 Å². The summed E-state index contributed by atoms with van der Waals surface area (Å²) in [5.74, 6) is -1.74. The minimum Gasteiger partial charge on any atom is -0.463 e. The zero-order chi connectivity index (χ0) is 17.0. The highest BCUT2D eigenvalue weighted by Gasteiger charge is 2.35. The molecule has 1 saturated heterocycles. The number of sulfonamides is 1. The van der Waals surface area contributed by atoms with E-state index in [0.29, 0.717) is 0 Å². The molecule has 126 valence electrons. The molecule has 2 unspecified atom stereocenters. The number of hydrogen-bond donors (Lipinski definition) is 1. The number of carbonyl (C=O) groups excluding carboxylic acids is 2. The van der Waals surface area contributed by atoms with E-state index < -0.39 is 34.1 Å². The number of ether oxygens (including phenoxy) is 2. The minimum atomic E-state index is -3.86. The largest absolute Gasteiger partial charge is 0.463 e. The molecule has 0 spiro atoms. The minimum absolute atomic E-state index is 0.0544. The van der Waals surface area contributed by atoms with E-state index in [-0.39, 0.29) is 23.8 Å². The highest BCUT2D eigenvalue weighted by molar-refractivity contribution is 7.89. The first kappa shape index (κ1) is 17.4. The van der Waals surface area contributed by atoms with Crippen molar-refractivity contribution in [1.29, 1.82) is 0 Å². The van der Waals surface area contributed by atoms with Crippen molar-refractivity contribution in [2.75, 3.05) is 6.61 Å². The smallest absolute Gasteiger partial charge is 0.347 e. The highest BCUT2D eigenvalue weighted by Crippen LogP contribution is 2.16. The Morgan fingerprint density at radius 3 is 2.48 bits per heavy atom. The van der Waals surface area contributed by atoms with Crippen LogP contribution < -0.4 is 4.72 Å². The van der Waals surface area contributed by atoms with E-state index in [0.717, 1.165) is 0 Å². The van der Waals surface area contributed by atoms with Crippen molar-refractivity contribution >= 4 is 22.0 Å². The van der Waals surface area contributed by atoms with Crippen molar-refractivity contribution in [3.8, 4) is 0 Å². The van der Waals surface area contributed by atoms with Gasteiger partial charge in [0.25, 0.3) is 0 Å². The molecule has 1 aromatic carbocycles. The number of carbonyl (C=O) groups is 2. The number of rotatable bonds is 6. The van der Waals surface area contributed by atoms with Crippen LogP contribution in [0, 0.1) is 5.92 Å². The van der Waals surface area contributed by atoms with E-state index in [4.69, 9.17) is 9.47 Å². The van der Waals surface area contributed by atoms with E-state index in [1.807, 2.05) is 0 Å². The summed E-state index contributed by atoms with van der Waals surface area (Å²) in [5.41, 5.74) is 0. The Kier molecular flexibility index (Phi) is 5.38. The molecule has 2 rings (SSSR count). The molecule has 0 bridgehead atoms. The zero-order valence-electron chi connectivity index (χ0n) is 12.9. The fourth-order valence-corrected chi connectivity index (χ4v) is 3.44. The third-order valence-electron chi connectivity index (χ3n) is 3.40. The predicted octanol–water partition coefficient (Wildman–Crippen LogP) is 0.848. The summed E-state index contributed by atoms with van der Waals surface area (Å²) in [4.78, 5) is 23.7. The van der Waals surface area contributed by atoms with Gasteiger partial charge in [-0.15, -0.1) is 0 Å². The number of benzene rings is 1. The molecule has 1 heterocycles. The molecule has 1 aliphatic rings. The van der Waals surface area contributed by atoms with Crippen LogP contribution in [0.1, 0.15) is 20.3 Å². The molecule has 1 aliphatic heterocycles. The van der Waals surface area contributed by atoms with Gasteiger partial charge in [-0.3, -0.25) is 4.79 Å².